The second-order valence-corrected chi connectivity index (χ2v) is 5.37. The Morgan fingerprint density at radius 2 is 2.12 bits per heavy atom. The zero-order valence-corrected chi connectivity index (χ0v) is 14.3. The molecule has 0 saturated carbocycles. The summed E-state index contributed by atoms with van der Waals surface area (Å²) in [6.45, 7) is 4.30. The van der Waals surface area contributed by atoms with Crippen molar-refractivity contribution in [2.75, 3.05) is 19.1 Å². The summed E-state index contributed by atoms with van der Waals surface area (Å²) in [6, 6.07) is 1.83. The highest BCUT2D eigenvalue weighted by Gasteiger charge is 2.10. The number of rotatable bonds is 6. The highest BCUT2D eigenvalue weighted by atomic mass is 32.1. The lowest BCUT2D eigenvalue weighted by atomic mass is 10.3. The Morgan fingerprint density at radius 1 is 1.46 bits per heavy atom. The van der Waals surface area contributed by atoms with E-state index in [0.717, 1.165) is 11.4 Å². The molecule has 128 valence electrons. The maximum Gasteiger partial charge on any atom is 0.264 e. The molecule has 0 unspecified atom stereocenters. The van der Waals surface area contributed by atoms with Crippen LogP contribution in [0.15, 0.2) is 16.0 Å². The molecule has 0 saturated heterocycles. The van der Waals surface area contributed by atoms with Gasteiger partial charge in [-0.05, 0) is 32.1 Å². The summed E-state index contributed by atoms with van der Waals surface area (Å²) in [6.07, 6.45) is 1.19. The van der Waals surface area contributed by atoms with Crippen LogP contribution < -0.4 is 11.0 Å². The molecule has 0 bridgehead atoms. The van der Waals surface area contributed by atoms with E-state index in [1.165, 1.54) is 17.9 Å². The quantitative estimate of drug-likeness (QED) is 0.406. The first-order chi connectivity index (χ1) is 11.4. The predicted octanol–water partition coefficient (Wildman–Crippen LogP) is 1.11. The Balaban J connectivity index is 2.28. The number of hydrogen-bond donors (Lipinski definition) is 3. The lowest BCUT2D eigenvalue weighted by Gasteiger charge is -2.10. The number of hydrazone groups is 1. The minimum absolute atomic E-state index is 0.0309. The maximum atomic E-state index is 12.0. The molecular weight excluding hydrogens is 332 g/mol. The van der Waals surface area contributed by atoms with Gasteiger partial charge in [0, 0.05) is 18.5 Å². The Hall–Kier alpha value is -2.59. The SMILES string of the molecule is COCCn1c(O)c(/C=N/Nc2nc(C)cc(C)n2)c(=O)[nH]c1=S. The number of aromatic amines is 1. The van der Waals surface area contributed by atoms with Crippen molar-refractivity contribution < 1.29 is 9.84 Å². The fourth-order valence-electron chi connectivity index (χ4n) is 2.01. The molecule has 24 heavy (non-hydrogen) atoms. The first-order valence-electron chi connectivity index (χ1n) is 7.08. The fourth-order valence-corrected chi connectivity index (χ4v) is 2.28. The summed E-state index contributed by atoms with van der Waals surface area (Å²) in [4.78, 5) is 22.8. The van der Waals surface area contributed by atoms with Gasteiger partial charge in [0.25, 0.3) is 5.56 Å². The summed E-state index contributed by atoms with van der Waals surface area (Å²) < 4.78 is 6.42. The van der Waals surface area contributed by atoms with E-state index in [9.17, 15) is 9.90 Å². The van der Waals surface area contributed by atoms with Crippen LogP contribution in [-0.2, 0) is 11.3 Å². The number of aromatic nitrogens is 4. The maximum absolute atomic E-state index is 12.0. The molecule has 0 aliphatic carbocycles. The normalized spacial score (nSPS) is 11.1. The van der Waals surface area contributed by atoms with Gasteiger partial charge in [0.1, 0.15) is 5.56 Å². The van der Waals surface area contributed by atoms with Crippen LogP contribution in [-0.4, -0.2) is 44.6 Å². The van der Waals surface area contributed by atoms with Crippen molar-refractivity contribution in [3.8, 4) is 5.88 Å². The molecule has 10 heteroatoms. The first kappa shape index (κ1) is 17.8. The standard InChI is InChI=1S/C14H18N6O3S/c1-8-6-9(2)17-13(16-8)19-15-7-10-11(21)18-14(24)20(12(10)22)4-5-23-3/h6-7,22H,4-5H2,1-3H3,(H,16,17,19)(H,18,21,24)/b15-7+. The highest BCUT2D eigenvalue weighted by Crippen LogP contribution is 2.11. The van der Waals surface area contributed by atoms with Gasteiger partial charge in [-0.25, -0.2) is 15.4 Å². The Bertz CT molecular complexity index is 854. The third-order valence-corrected chi connectivity index (χ3v) is 3.39. The molecule has 2 aromatic rings. The molecule has 0 aromatic carbocycles. The number of H-pyrrole nitrogens is 1. The van der Waals surface area contributed by atoms with Gasteiger partial charge in [-0.2, -0.15) is 5.10 Å². The van der Waals surface area contributed by atoms with E-state index in [1.807, 2.05) is 19.9 Å². The van der Waals surface area contributed by atoms with E-state index >= 15 is 0 Å². The summed E-state index contributed by atoms with van der Waals surface area (Å²) >= 11 is 5.03. The van der Waals surface area contributed by atoms with E-state index in [-0.39, 0.29) is 16.2 Å². The van der Waals surface area contributed by atoms with Crippen molar-refractivity contribution in [2.24, 2.45) is 5.10 Å². The zero-order chi connectivity index (χ0) is 17.7. The molecule has 3 N–H and O–H groups in total. The van der Waals surface area contributed by atoms with Crippen LogP contribution in [0.1, 0.15) is 17.0 Å². The minimum Gasteiger partial charge on any atom is -0.494 e. The van der Waals surface area contributed by atoms with Crippen LogP contribution in [0.3, 0.4) is 0 Å². The van der Waals surface area contributed by atoms with Gasteiger partial charge in [0.15, 0.2) is 4.77 Å². The van der Waals surface area contributed by atoms with Crippen LogP contribution in [0, 0.1) is 18.6 Å². The van der Waals surface area contributed by atoms with Gasteiger partial charge >= 0.3 is 0 Å². The van der Waals surface area contributed by atoms with Gasteiger partial charge in [-0.3, -0.25) is 14.3 Å². The monoisotopic (exact) mass is 350 g/mol. The average Bonchev–Trinajstić information content (AvgIpc) is 2.49. The van der Waals surface area contributed by atoms with Gasteiger partial charge in [0.05, 0.1) is 19.4 Å². The van der Waals surface area contributed by atoms with Gasteiger partial charge in [-0.1, -0.05) is 0 Å². The number of nitrogens with one attached hydrogen (secondary N) is 2. The molecule has 9 nitrogen and oxygen atoms in total. The lowest BCUT2D eigenvalue weighted by molar-refractivity contribution is 0.182. The number of anilines is 1. The largest absolute Gasteiger partial charge is 0.494 e. The van der Waals surface area contributed by atoms with Crippen LogP contribution in [0.2, 0.25) is 0 Å². The Morgan fingerprint density at radius 3 is 2.75 bits per heavy atom. The van der Waals surface area contributed by atoms with Crippen molar-refractivity contribution in [2.45, 2.75) is 20.4 Å². The first-order valence-corrected chi connectivity index (χ1v) is 7.49. The molecule has 2 rings (SSSR count). The minimum atomic E-state index is -0.543. The molecule has 0 amide bonds. The second kappa shape index (κ2) is 7.79. The number of methoxy groups -OCH3 is 1. The molecule has 2 heterocycles. The van der Waals surface area contributed by atoms with E-state index in [2.05, 4.69) is 25.5 Å². The van der Waals surface area contributed by atoms with Crippen LogP contribution >= 0.6 is 12.2 Å². The lowest BCUT2D eigenvalue weighted by Crippen LogP contribution is -2.20. The smallest absolute Gasteiger partial charge is 0.264 e. The molecule has 0 fully saturated rings. The Kier molecular flexibility index (Phi) is 5.77. The highest BCUT2D eigenvalue weighted by molar-refractivity contribution is 7.71. The van der Waals surface area contributed by atoms with Crippen LogP contribution in [0.5, 0.6) is 5.88 Å². The molecule has 0 atom stereocenters. The zero-order valence-electron chi connectivity index (χ0n) is 13.5. The molecule has 0 aliphatic heterocycles. The number of hydrogen-bond acceptors (Lipinski definition) is 8. The van der Waals surface area contributed by atoms with E-state index < -0.39 is 5.56 Å². The number of aromatic hydroxyl groups is 1. The van der Waals surface area contributed by atoms with Crippen molar-refractivity contribution in [1.29, 1.82) is 0 Å². The third-order valence-electron chi connectivity index (χ3n) is 3.07. The molecule has 2 aromatic heterocycles. The van der Waals surface area contributed by atoms with Crippen molar-refractivity contribution in [1.82, 2.24) is 19.5 Å². The van der Waals surface area contributed by atoms with E-state index in [4.69, 9.17) is 17.0 Å². The Labute approximate surface area is 143 Å². The van der Waals surface area contributed by atoms with Crippen molar-refractivity contribution in [3.05, 3.63) is 38.1 Å². The second-order valence-electron chi connectivity index (χ2n) is 4.99. The van der Waals surface area contributed by atoms with E-state index in [1.54, 1.807) is 0 Å². The number of nitrogens with zero attached hydrogens (tertiary/aromatic N) is 4. The van der Waals surface area contributed by atoms with Gasteiger partial charge in [0.2, 0.25) is 11.8 Å². The van der Waals surface area contributed by atoms with Crippen molar-refractivity contribution >= 4 is 24.4 Å². The summed E-state index contributed by atoms with van der Waals surface area (Å²) in [5.74, 6) is 0.0134. The van der Waals surface area contributed by atoms with Gasteiger partial charge in [-0.15, -0.1) is 0 Å². The average molecular weight is 350 g/mol. The number of aryl methyl sites for hydroxylation is 2. The van der Waals surface area contributed by atoms with Crippen LogP contribution in [0.4, 0.5) is 5.95 Å². The summed E-state index contributed by atoms with van der Waals surface area (Å²) in [5, 5.41) is 14.1. The van der Waals surface area contributed by atoms with Gasteiger partial charge < -0.3 is 9.84 Å². The molecule has 0 aliphatic rings. The van der Waals surface area contributed by atoms with Crippen LogP contribution in [0.25, 0.3) is 0 Å². The van der Waals surface area contributed by atoms with E-state index in [0.29, 0.717) is 19.1 Å². The summed E-state index contributed by atoms with van der Waals surface area (Å²) in [7, 11) is 1.53. The predicted molar refractivity (Wildman–Crippen MR) is 92.2 cm³/mol. The number of ether oxygens (including phenoxy) is 1. The third kappa shape index (κ3) is 4.24. The topological polar surface area (TPSA) is 117 Å². The fraction of sp³-hybridized carbons (Fsp3) is 0.357. The summed E-state index contributed by atoms with van der Waals surface area (Å²) in [5.41, 5.74) is 3.63. The molecule has 0 spiro atoms. The van der Waals surface area contributed by atoms with Crippen molar-refractivity contribution in [3.63, 3.8) is 0 Å². The molecule has 0 radical (unpaired) electrons. The molecular formula is C14H18N6O3S.